The van der Waals surface area contributed by atoms with Crippen molar-refractivity contribution in [2.24, 2.45) is 5.92 Å². The van der Waals surface area contributed by atoms with Crippen LogP contribution in [0.4, 0.5) is 0 Å². The van der Waals surface area contributed by atoms with Gasteiger partial charge in [-0.3, -0.25) is 0 Å². The van der Waals surface area contributed by atoms with E-state index in [1.54, 1.807) is 7.11 Å². The van der Waals surface area contributed by atoms with Gasteiger partial charge < -0.3 is 9.84 Å². The highest BCUT2D eigenvalue weighted by molar-refractivity contribution is 9.10. The van der Waals surface area contributed by atoms with Gasteiger partial charge in [0.25, 0.3) is 0 Å². The third kappa shape index (κ3) is 2.84. The van der Waals surface area contributed by atoms with E-state index in [4.69, 9.17) is 4.74 Å². The van der Waals surface area contributed by atoms with Crippen LogP contribution >= 0.6 is 15.9 Å². The molecule has 1 aromatic carbocycles. The van der Waals surface area contributed by atoms with Gasteiger partial charge in [0.05, 0.1) is 12.2 Å². The SMILES string of the molecule is COC(C(O)Cc1ccccc1Br)C1CC1. The Kier molecular flexibility index (Phi) is 4.00. The van der Waals surface area contributed by atoms with Crippen molar-refractivity contribution in [3.63, 3.8) is 0 Å². The number of halogens is 1. The average Bonchev–Trinajstić information content (AvgIpc) is 3.07. The smallest absolute Gasteiger partial charge is 0.0861 e. The average molecular weight is 285 g/mol. The molecule has 2 nitrogen and oxygen atoms in total. The van der Waals surface area contributed by atoms with Gasteiger partial charge in [0.15, 0.2) is 0 Å². The predicted molar refractivity (Wildman–Crippen MR) is 67.4 cm³/mol. The van der Waals surface area contributed by atoms with Crippen molar-refractivity contribution in [1.29, 1.82) is 0 Å². The summed E-state index contributed by atoms with van der Waals surface area (Å²) in [5.74, 6) is 0.558. The summed E-state index contributed by atoms with van der Waals surface area (Å²) in [6, 6.07) is 8.01. The fourth-order valence-corrected chi connectivity index (χ4v) is 2.54. The van der Waals surface area contributed by atoms with Gasteiger partial charge in [-0.15, -0.1) is 0 Å². The van der Waals surface area contributed by atoms with E-state index in [2.05, 4.69) is 15.9 Å². The number of methoxy groups -OCH3 is 1. The van der Waals surface area contributed by atoms with Crippen LogP contribution in [0.1, 0.15) is 18.4 Å². The maximum Gasteiger partial charge on any atom is 0.0861 e. The molecule has 0 heterocycles. The maximum absolute atomic E-state index is 10.2. The molecular formula is C13H17BrO2. The minimum absolute atomic E-state index is 0.00731. The van der Waals surface area contributed by atoms with Crippen LogP contribution in [-0.4, -0.2) is 24.4 Å². The Hall–Kier alpha value is -0.380. The lowest BCUT2D eigenvalue weighted by Gasteiger charge is -2.21. The molecule has 2 atom stereocenters. The molecule has 3 heteroatoms. The van der Waals surface area contributed by atoms with Gasteiger partial charge in [-0.2, -0.15) is 0 Å². The first kappa shape index (κ1) is 12.1. The van der Waals surface area contributed by atoms with E-state index >= 15 is 0 Å². The van der Waals surface area contributed by atoms with Crippen LogP contribution in [0, 0.1) is 5.92 Å². The molecule has 1 aliphatic rings. The third-order valence-electron chi connectivity index (χ3n) is 3.12. The summed E-state index contributed by atoms with van der Waals surface area (Å²) >= 11 is 3.50. The van der Waals surface area contributed by atoms with Crippen molar-refractivity contribution >= 4 is 15.9 Å². The van der Waals surface area contributed by atoms with Gasteiger partial charge in [0, 0.05) is 18.0 Å². The van der Waals surface area contributed by atoms with Crippen LogP contribution in [0.2, 0.25) is 0 Å². The van der Waals surface area contributed by atoms with Crippen molar-refractivity contribution < 1.29 is 9.84 Å². The van der Waals surface area contributed by atoms with E-state index in [0.29, 0.717) is 12.3 Å². The zero-order chi connectivity index (χ0) is 11.5. The molecule has 16 heavy (non-hydrogen) atoms. The number of ether oxygens (including phenoxy) is 1. The second-order valence-electron chi connectivity index (χ2n) is 4.40. The highest BCUT2D eigenvalue weighted by atomic mass is 79.9. The van der Waals surface area contributed by atoms with Crippen molar-refractivity contribution in [2.75, 3.05) is 7.11 Å². The molecule has 1 fully saturated rings. The van der Waals surface area contributed by atoms with E-state index in [0.717, 1.165) is 10.0 Å². The van der Waals surface area contributed by atoms with Crippen LogP contribution in [0.25, 0.3) is 0 Å². The van der Waals surface area contributed by atoms with E-state index in [9.17, 15) is 5.11 Å². The second-order valence-corrected chi connectivity index (χ2v) is 5.25. The largest absolute Gasteiger partial charge is 0.390 e. The summed E-state index contributed by atoms with van der Waals surface area (Å²) in [4.78, 5) is 0. The number of hydrogen-bond donors (Lipinski definition) is 1. The maximum atomic E-state index is 10.2. The Morgan fingerprint density at radius 2 is 2.12 bits per heavy atom. The summed E-state index contributed by atoms with van der Waals surface area (Å²) in [7, 11) is 1.69. The van der Waals surface area contributed by atoms with Crippen LogP contribution in [0.5, 0.6) is 0 Å². The molecular weight excluding hydrogens is 268 g/mol. The Morgan fingerprint density at radius 3 is 2.69 bits per heavy atom. The number of aliphatic hydroxyl groups excluding tert-OH is 1. The summed E-state index contributed by atoms with van der Waals surface area (Å²) in [6.07, 6.45) is 2.61. The highest BCUT2D eigenvalue weighted by Crippen LogP contribution is 2.36. The van der Waals surface area contributed by atoms with Gasteiger partial charge in [0.1, 0.15) is 0 Å². The van der Waals surface area contributed by atoms with Crippen LogP contribution in [0.3, 0.4) is 0 Å². The number of aliphatic hydroxyl groups is 1. The lowest BCUT2D eigenvalue weighted by Crippen LogP contribution is -2.31. The van der Waals surface area contributed by atoms with Crippen molar-refractivity contribution in [2.45, 2.75) is 31.5 Å². The van der Waals surface area contributed by atoms with E-state index in [-0.39, 0.29) is 6.10 Å². The summed E-state index contributed by atoms with van der Waals surface area (Å²) in [6.45, 7) is 0. The van der Waals surface area contributed by atoms with Crippen molar-refractivity contribution in [3.05, 3.63) is 34.3 Å². The molecule has 0 spiro atoms. The first-order valence-electron chi connectivity index (χ1n) is 5.66. The lowest BCUT2D eigenvalue weighted by molar-refractivity contribution is -0.0238. The van der Waals surface area contributed by atoms with Gasteiger partial charge in [0.2, 0.25) is 0 Å². The second kappa shape index (κ2) is 5.30. The van der Waals surface area contributed by atoms with Gasteiger partial charge >= 0.3 is 0 Å². The van der Waals surface area contributed by atoms with E-state index in [1.165, 1.54) is 12.8 Å². The molecule has 1 aromatic rings. The Morgan fingerprint density at radius 1 is 1.44 bits per heavy atom. The van der Waals surface area contributed by atoms with Crippen LogP contribution in [-0.2, 0) is 11.2 Å². The van der Waals surface area contributed by atoms with Crippen LogP contribution in [0.15, 0.2) is 28.7 Å². The number of rotatable bonds is 5. The molecule has 2 rings (SSSR count). The first-order valence-corrected chi connectivity index (χ1v) is 6.46. The summed E-state index contributed by atoms with van der Waals surface area (Å²) in [5.41, 5.74) is 1.14. The Bertz CT molecular complexity index is 350. The van der Waals surface area contributed by atoms with Crippen molar-refractivity contribution in [1.82, 2.24) is 0 Å². The molecule has 1 saturated carbocycles. The van der Waals surface area contributed by atoms with E-state index in [1.807, 2.05) is 24.3 Å². The summed E-state index contributed by atoms with van der Waals surface area (Å²) < 4.78 is 6.44. The van der Waals surface area contributed by atoms with Gasteiger partial charge in [-0.05, 0) is 30.4 Å². The lowest BCUT2D eigenvalue weighted by atomic mass is 10.0. The molecule has 0 saturated heterocycles. The predicted octanol–water partition coefficient (Wildman–Crippen LogP) is 2.78. The molecule has 0 aromatic heterocycles. The molecule has 1 aliphatic carbocycles. The quantitative estimate of drug-likeness (QED) is 0.901. The molecule has 1 N–H and O–H groups in total. The fourth-order valence-electron chi connectivity index (χ4n) is 2.09. The molecule has 0 bridgehead atoms. The topological polar surface area (TPSA) is 29.5 Å². The third-order valence-corrected chi connectivity index (χ3v) is 3.90. The normalized spacial score (nSPS) is 19.4. The van der Waals surface area contributed by atoms with Gasteiger partial charge in [-0.25, -0.2) is 0 Å². The molecule has 88 valence electrons. The fraction of sp³-hybridized carbons (Fsp3) is 0.538. The molecule has 0 amide bonds. The monoisotopic (exact) mass is 284 g/mol. The first-order chi connectivity index (χ1) is 7.72. The highest BCUT2D eigenvalue weighted by Gasteiger charge is 2.36. The standard InChI is InChI=1S/C13H17BrO2/c1-16-13(9-6-7-9)12(15)8-10-4-2-3-5-11(10)14/h2-5,9,12-13,15H,6-8H2,1H3. The van der Waals surface area contributed by atoms with Crippen molar-refractivity contribution in [3.8, 4) is 0 Å². The summed E-state index contributed by atoms with van der Waals surface area (Å²) in [5, 5.41) is 10.2. The van der Waals surface area contributed by atoms with Crippen LogP contribution < -0.4 is 0 Å². The van der Waals surface area contributed by atoms with Gasteiger partial charge in [-0.1, -0.05) is 34.1 Å². The molecule has 0 radical (unpaired) electrons. The van der Waals surface area contributed by atoms with E-state index < -0.39 is 6.10 Å². The Balaban J connectivity index is 2.00. The zero-order valence-corrected chi connectivity index (χ0v) is 11.0. The minimum atomic E-state index is -0.406. The Labute approximate surface area is 105 Å². The number of benzene rings is 1. The minimum Gasteiger partial charge on any atom is -0.390 e. The molecule has 0 aliphatic heterocycles. The number of hydrogen-bond acceptors (Lipinski definition) is 2. The molecule has 2 unspecified atom stereocenters. The zero-order valence-electron chi connectivity index (χ0n) is 9.40.